The van der Waals surface area contributed by atoms with Crippen molar-refractivity contribution in [1.82, 2.24) is 29.3 Å². The van der Waals surface area contributed by atoms with Gasteiger partial charge in [-0.2, -0.15) is 15.5 Å². The molecule has 5 heterocycles. The summed E-state index contributed by atoms with van der Waals surface area (Å²) < 4.78 is 18.2. The average molecular weight is 502 g/mol. The Bertz CT molecular complexity index is 1520. The molecule has 0 N–H and O–H groups in total. The lowest BCUT2D eigenvalue weighted by Crippen LogP contribution is -2.27. The molecule has 0 aromatic carbocycles. The van der Waals surface area contributed by atoms with Crippen LogP contribution in [0.3, 0.4) is 0 Å². The summed E-state index contributed by atoms with van der Waals surface area (Å²) in [5.74, 6) is 0.786. The van der Waals surface area contributed by atoms with E-state index in [-0.39, 0.29) is 10.9 Å². The van der Waals surface area contributed by atoms with E-state index in [1.165, 1.54) is 24.0 Å². The molecule has 1 amide bonds. The van der Waals surface area contributed by atoms with Crippen molar-refractivity contribution in [2.75, 3.05) is 13.1 Å². The Balaban J connectivity index is 1.35. The molecular weight excluding hydrogens is 477 g/mol. The van der Waals surface area contributed by atoms with Crippen molar-refractivity contribution in [1.29, 1.82) is 5.26 Å². The van der Waals surface area contributed by atoms with Crippen molar-refractivity contribution in [3.63, 3.8) is 0 Å². The van der Waals surface area contributed by atoms with Crippen LogP contribution in [0.5, 0.6) is 0 Å². The normalized spacial score (nSPS) is 21.2. The second-order valence-electron chi connectivity index (χ2n) is 9.61. The molecule has 0 bridgehead atoms. The number of amides is 1. The third kappa shape index (κ3) is 3.75. The summed E-state index contributed by atoms with van der Waals surface area (Å²) in [6.07, 6.45) is 8.86. The van der Waals surface area contributed by atoms with E-state index < -0.39 is 5.82 Å². The number of halogens is 1. The van der Waals surface area contributed by atoms with Crippen LogP contribution >= 0.6 is 11.8 Å². The molecule has 1 saturated heterocycles. The topological polar surface area (TPSA) is 92.1 Å². The molecule has 4 aromatic rings. The average Bonchev–Trinajstić information content (AvgIpc) is 3.62. The number of pyridine rings is 2. The maximum Gasteiger partial charge on any atom is 0.219 e. The number of likely N-dealkylation sites (tertiary alicyclic amines) is 1. The molecule has 8 nitrogen and oxygen atoms in total. The fourth-order valence-corrected chi connectivity index (χ4v) is 6.71. The van der Waals surface area contributed by atoms with Crippen LogP contribution in [0, 0.1) is 35.9 Å². The zero-order valence-electron chi connectivity index (χ0n) is 19.9. The van der Waals surface area contributed by atoms with Crippen molar-refractivity contribution < 1.29 is 9.18 Å². The van der Waals surface area contributed by atoms with Gasteiger partial charge in [0.2, 0.25) is 5.91 Å². The van der Waals surface area contributed by atoms with Gasteiger partial charge in [0, 0.05) is 54.1 Å². The zero-order valence-corrected chi connectivity index (χ0v) is 20.7. The van der Waals surface area contributed by atoms with Crippen molar-refractivity contribution in [2.24, 2.45) is 11.8 Å². The largest absolute Gasteiger partial charge is 0.342 e. The van der Waals surface area contributed by atoms with Gasteiger partial charge >= 0.3 is 0 Å². The van der Waals surface area contributed by atoms with Gasteiger partial charge in [0.25, 0.3) is 0 Å². The molecule has 1 aliphatic heterocycles. The minimum absolute atomic E-state index is 0.159. The smallest absolute Gasteiger partial charge is 0.219 e. The SMILES string of the molecule is CC(=O)N1C[C@H]2CC(n3ncc(-c4cc(Sc5ncccc5F)c5c(C#N)cnn5c4)c3C)C[C@H]2C1. The van der Waals surface area contributed by atoms with Crippen LogP contribution in [0.1, 0.15) is 37.1 Å². The third-order valence-electron chi connectivity index (χ3n) is 7.50. The van der Waals surface area contributed by atoms with E-state index in [1.54, 1.807) is 23.7 Å². The van der Waals surface area contributed by atoms with Gasteiger partial charge < -0.3 is 4.90 Å². The summed E-state index contributed by atoms with van der Waals surface area (Å²) in [7, 11) is 0. The summed E-state index contributed by atoms with van der Waals surface area (Å²) in [4.78, 5) is 18.6. The Hall–Kier alpha value is -3.71. The first-order valence-electron chi connectivity index (χ1n) is 11.9. The molecule has 2 aliphatic rings. The highest BCUT2D eigenvalue weighted by Gasteiger charge is 2.42. The lowest BCUT2D eigenvalue weighted by molar-refractivity contribution is -0.128. The minimum atomic E-state index is -0.414. The van der Waals surface area contributed by atoms with Crippen molar-refractivity contribution in [3.8, 4) is 17.2 Å². The molecule has 1 saturated carbocycles. The number of nitrogens with zero attached hydrogens (tertiary/aromatic N) is 7. The zero-order chi connectivity index (χ0) is 25.0. The van der Waals surface area contributed by atoms with Gasteiger partial charge in [-0.25, -0.2) is 13.9 Å². The van der Waals surface area contributed by atoms with Gasteiger partial charge in [-0.1, -0.05) is 11.8 Å². The lowest BCUT2D eigenvalue weighted by atomic mass is 10.0. The highest BCUT2D eigenvalue weighted by atomic mass is 32.2. The number of carbonyl (C=O) groups excluding carboxylic acids is 1. The van der Waals surface area contributed by atoms with E-state index in [2.05, 4.69) is 27.8 Å². The van der Waals surface area contributed by atoms with Gasteiger partial charge in [0.05, 0.1) is 29.5 Å². The monoisotopic (exact) mass is 501 g/mol. The first-order chi connectivity index (χ1) is 17.4. The number of hydrogen-bond donors (Lipinski definition) is 0. The van der Waals surface area contributed by atoms with Crippen molar-refractivity contribution in [3.05, 3.63) is 60.1 Å². The molecule has 10 heteroatoms. The van der Waals surface area contributed by atoms with Crippen LogP contribution in [0.15, 0.2) is 52.9 Å². The molecule has 182 valence electrons. The summed E-state index contributed by atoms with van der Waals surface area (Å²) in [6.45, 7) is 5.39. The highest BCUT2D eigenvalue weighted by molar-refractivity contribution is 7.99. The second kappa shape index (κ2) is 8.75. The Morgan fingerprint density at radius 3 is 2.69 bits per heavy atom. The molecule has 0 spiro atoms. The van der Waals surface area contributed by atoms with Crippen LogP contribution in [-0.2, 0) is 4.79 Å². The molecule has 36 heavy (non-hydrogen) atoms. The van der Waals surface area contributed by atoms with E-state index in [9.17, 15) is 14.4 Å². The Morgan fingerprint density at radius 2 is 2.00 bits per heavy atom. The molecular formula is C26H24FN7OS. The van der Waals surface area contributed by atoms with Crippen LogP contribution in [0.2, 0.25) is 0 Å². The number of fused-ring (bicyclic) bond motifs is 2. The van der Waals surface area contributed by atoms with Gasteiger partial charge in [-0.05, 0) is 49.8 Å². The summed E-state index contributed by atoms with van der Waals surface area (Å²) in [5, 5.41) is 19.0. The fraction of sp³-hybridized carbons (Fsp3) is 0.346. The van der Waals surface area contributed by atoms with Gasteiger partial charge in [-0.15, -0.1) is 0 Å². The third-order valence-corrected chi connectivity index (χ3v) is 8.53. The molecule has 1 aliphatic carbocycles. The molecule has 6 rings (SSSR count). The Labute approximate surface area is 211 Å². The fourth-order valence-electron chi connectivity index (χ4n) is 5.74. The van der Waals surface area contributed by atoms with E-state index in [1.807, 2.05) is 23.4 Å². The standard InChI is InChI=1S/C26H24FN7OS/c1-15-22(11-31-34(15)21-6-17-12-32(16(2)35)13-18(17)7-21)19-8-24(36-26-23(27)4-3-5-29-26)25-20(9-28)10-30-33(25)14-19/h3-5,8,10-11,14,17-18,21H,6-7,12-13H2,1-2H3/t17-,18+,21?. The maximum atomic E-state index is 14.4. The predicted octanol–water partition coefficient (Wildman–Crippen LogP) is 4.49. The Kier molecular flexibility index (Phi) is 5.52. The van der Waals surface area contributed by atoms with Gasteiger partial charge in [-0.3, -0.25) is 9.48 Å². The van der Waals surface area contributed by atoms with E-state index in [0.29, 0.717) is 33.9 Å². The second-order valence-corrected chi connectivity index (χ2v) is 10.6. The van der Waals surface area contributed by atoms with Crippen LogP contribution < -0.4 is 0 Å². The number of nitriles is 1. The molecule has 3 atom stereocenters. The van der Waals surface area contributed by atoms with Crippen LogP contribution in [-0.4, -0.2) is 48.3 Å². The lowest BCUT2D eigenvalue weighted by Gasteiger charge is -2.19. The summed E-state index contributed by atoms with van der Waals surface area (Å²) in [6, 6.07) is 7.37. The van der Waals surface area contributed by atoms with Crippen molar-refractivity contribution in [2.45, 2.75) is 42.7 Å². The maximum absolute atomic E-state index is 14.4. The minimum Gasteiger partial charge on any atom is -0.342 e. The molecule has 2 fully saturated rings. The van der Waals surface area contributed by atoms with Gasteiger partial charge in [0.15, 0.2) is 5.82 Å². The van der Waals surface area contributed by atoms with Crippen molar-refractivity contribution >= 4 is 23.2 Å². The van der Waals surface area contributed by atoms with Crippen LogP contribution in [0.4, 0.5) is 4.39 Å². The van der Waals surface area contributed by atoms with Crippen LogP contribution in [0.25, 0.3) is 16.6 Å². The summed E-state index contributed by atoms with van der Waals surface area (Å²) >= 11 is 1.18. The first-order valence-corrected chi connectivity index (χ1v) is 12.7. The van der Waals surface area contributed by atoms with E-state index in [0.717, 1.165) is 42.8 Å². The Morgan fingerprint density at radius 1 is 1.22 bits per heavy atom. The number of carbonyl (C=O) groups is 1. The predicted molar refractivity (Wildman–Crippen MR) is 132 cm³/mol. The van der Waals surface area contributed by atoms with E-state index >= 15 is 0 Å². The first kappa shape index (κ1) is 22.7. The van der Waals surface area contributed by atoms with E-state index in [4.69, 9.17) is 5.10 Å². The quantitative estimate of drug-likeness (QED) is 0.409. The highest BCUT2D eigenvalue weighted by Crippen LogP contribution is 2.45. The molecule has 4 aromatic heterocycles. The van der Waals surface area contributed by atoms with Gasteiger partial charge in [0.1, 0.15) is 11.1 Å². The number of aromatic nitrogens is 5. The number of hydrogen-bond acceptors (Lipinski definition) is 6. The number of rotatable bonds is 4. The summed E-state index contributed by atoms with van der Waals surface area (Å²) in [5.41, 5.74) is 3.95. The molecule has 1 unspecified atom stereocenters. The molecule has 0 radical (unpaired) electrons.